The number of halogens is 2. The average Bonchev–Trinajstić information content (AvgIpc) is 2.53. The van der Waals surface area contributed by atoms with Gasteiger partial charge in [0.2, 0.25) is 0 Å². The maximum absolute atomic E-state index is 13.5. The Morgan fingerprint density at radius 3 is 2.91 bits per heavy atom. The zero-order chi connectivity index (χ0) is 15.5. The third-order valence-corrected chi connectivity index (χ3v) is 3.87. The first-order chi connectivity index (χ1) is 10.6. The smallest absolute Gasteiger partial charge is 0.250 e. The molecule has 1 aliphatic rings. The fourth-order valence-electron chi connectivity index (χ4n) is 2.21. The van der Waals surface area contributed by atoms with Crippen molar-refractivity contribution in [2.45, 2.75) is 6.54 Å². The highest BCUT2D eigenvalue weighted by Crippen LogP contribution is 2.29. The molecule has 0 radical (unpaired) electrons. The van der Waals surface area contributed by atoms with E-state index < -0.39 is 0 Å². The molecule has 1 heterocycles. The lowest BCUT2D eigenvalue weighted by Gasteiger charge is -2.18. The van der Waals surface area contributed by atoms with Crippen LogP contribution >= 0.6 is 15.9 Å². The molecule has 0 unspecified atom stereocenters. The number of benzene rings is 2. The van der Waals surface area contributed by atoms with Crippen molar-refractivity contribution in [1.82, 2.24) is 5.32 Å². The van der Waals surface area contributed by atoms with Crippen LogP contribution in [0.4, 0.5) is 4.39 Å². The van der Waals surface area contributed by atoms with E-state index in [-0.39, 0.29) is 24.9 Å². The Morgan fingerprint density at radius 2 is 2.09 bits per heavy atom. The second kappa shape index (κ2) is 6.32. The Hall–Kier alpha value is -2.14. The molecule has 0 saturated heterocycles. The lowest BCUT2D eigenvalue weighted by molar-refractivity contribution is -0.117. The topological polar surface area (TPSA) is 38.3 Å². The third kappa shape index (κ3) is 3.20. The maximum atomic E-state index is 13.5. The summed E-state index contributed by atoms with van der Waals surface area (Å²) in [6.45, 7) is 0.353. The van der Waals surface area contributed by atoms with E-state index in [1.807, 2.05) is 18.2 Å². The summed E-state index contributed by atoms with van der Waals surface area (Å²) < 4.78 is 20.0. The SMILES string of the molecule is O=C(NCc1ccccc1F)C1=Cc2cc(Br)ccc2OC1. The van der Waals surface area contributed by atoms with Crippen LogP contribution in [-0.2, 0) is 11.3 Å². The van der Waals surface area contributed by atoms with E-state index in [1.165, 1.54) is 6.07 Å². The lowest BCUT2D eigenvalue weighted by atomic mass is 10.1. The van der Waals surface area contributed by atoms with Crippen molar-refractivity contribution >= 4 is 27.9 Å². The molecule has 1 N–H and O–H groups in total. The van der Waals surface area contributed by atoms with Gasteiger partial charge in [0.25, 0.3) is 5.91 Å². The minimum atomic E-state index is -0.328. The molecule has 112 valence electrons. The number of amides is 1. The molecule has 2 aromatic rings. The van der Waals surface area contributed by atoms with Crippen LogP contribution in [0.1, 0.15) is 11.1 Å². The van der Waals surface area contributed by atoms with Crippen molar-refractivity contribution in [3.8, 4) is 5.75 Å². The van der Waals surface area contributed by atoms with Crippen molar-refractivity contribution in [2.24, 2.45) is 0 Å². The predicted octanol–water partition coefficient (Wildman–Crippen LogP) is 3.68. The van der Waals surface area contributed by atoms with Gasteiger partial charge in [-0.3, -0.25) is 4.79 Å². The highest BCUT2D eigenvalue weighted by Gasteiger charge is 2.17. The van der Waals surface area contributed by atoms with Gasteiger partial charge < -0.3 is 10.1 Å². The highest BCUT2D eigenvalue weighted by atomic mass is 79.9. The number of rotatable bonds is 3. The molecule has 2 aromatic carbocycles. The van der Waals surface area contributed by atoms with Crippen LogP contribution in [0.3, 0.4) is 0 Å². The van der Waals surface area contributed by atoms with E-state index in [0.717, 1.165) is 15.8 Å². The van der Waals surface area contributed by atoms with Gasteiger partial charge in [-0.15, -0.1) is 0 Å². The van der Waals surface area contributed by atoms with E-state index in [0.29, 0.717) is 11.1 Å². The summed E-state index contributed by atoms with van der Waals surface area (Å²) >= 11 is 3.39. The maximum Gasteiger partial charge on any atom is 0.250 e. The van der Waals surface area contributed by atoms with E-state index in [4.69, 9.17) is 4.74 Å². The Kier molecular flexibility index (Phi) is 4.24. The van der Waals surface area contributed by atoms with Crippen molar-refractivity contribution in [3.05, 3.63) is 69.5 Å². The molecule has 0 fully saturated rings. The molecule has 3 rings (SSSR count). The Balaban J connectivity index is 1.72. The summed E-state index contributed by atoms with van der Waals surface area (Å²) in [6, 6.07) is 12.0. The summed E-state index contributed by atoms with van der Waals surface area (Å²) in [5.74, 6) is 0.161. The van der Waals surface area contributed by atoms with Crippen LogP contribution in [0.2, 0.25) is 0 Å². The molecular formula is C17H13BrFNO2. The Bertz CT molecular complexity index is 758. The molecule has 0 bridgehead atoms. The molecule has 0 spiro atoms. The Morgan fingerprint density at radius 1 is 1.27 bits per heavy atom. The lowest BCUT2D eigenvalue weighted by Crippen LogP contribution is -2.28. The molecule has 0 aliphatic carbocycles. The second-order valence-electron chi connectivity index (χ2n) is 4.91. The predicted molar refractivity (Wildman–Crippen MR) is 85.9 cm³/mol. The van der Waals surface area contributed by atoms with Crippen molar-refractivity contribution < 1.29 is 13.9 Å². The first kappa shape index (κ1) is 14.8. The van der Waals surface area contributed by atoms with Crippen molar-refractivity contribution in [2.75, 3.05) is 6.61 Å². The van der Waals surface area contributed by atoms with E-state index in [1.54, 1.807) is 24.3 Å². The number of carbonyl (C=O) groups is 1. The number of hydrogen-bond donors (Lipinski definition) is 1. The van der Waals surface area contributed by atoms with E-state index in [2.05, 4.69) is 21.2 Å². The number of nitrogens with one attached hydrogen (secondary N) is 1. The summed E-state index contributed by atoms with van der Waals surface area (Å²) in [6.07, 6.45) is 1.79. The highest BCUT2D eigenvalue weighted by molar-refractivity contribution is 9.10. The molecular weight excluding hydrogens is 349 g/mol. The minimum Gasteiger partial charge on any atom is -0.488 e. The first-order valence-corrected chi connectivity index (χ1v) is 7.57. The van der Waals surface area contributed by atoms with Gasteiger partial charge in [-0.25, -0.2) is 4.39 Å². The molecule has 0 saturated carbocycles. The van der Waals surface area contributed by atoms with Gasteiger partial charge in [0.15, 0.2) is 0 Å². The van der Waals surface area contributed by atoms with Gasteiger partial charge in [-0.05, 0) is 30.3 Å². The van der Waals surface area contributed by atoms with Crippen molar-refractivity contribution in [3.63, 3.8) is 0 Å². The van der Waals surface area contributed by atoms with Gasteiger partial charge >= 0.3 is 0 Å². The molecule has 1 amide bonds. The van der Waals surface area contributed by atoms with Gasteiger partial charge in [0.1, 0.15) is 18.2 Å². The minimum absolute atomic E-state index is 0.147. The van der Waals surface area contributed by atoms with Gasteiger partial charge in [0, 0.05) is 22.1 Å². The van der Waals surface area contributed by atoms with Crippen LogP contribution < -0.4 is 10.1 Å². The van der Waals surface area contributed by atoms with Crippen LogP contribution in [0, 0.1) is 5.82 Å². The third-order valence-electron chi connectivity index (χ3n) is 3.37. The van der Waals surface area contributed by atoms with Crippen LogP contribution in [0.25, 0.3) is 6.08 Å². The number of fused-ring (bicyclic) bond motifs is 1. The average molecular weight is 362 g/mol. The van der Waals surface area contributed by atoms with Crippen LogP contribution in [0.5, 0.6) is 5.75 Å². The molecule has 0 atom stereocenters. The van der Waals surface area contributed by atoms with E-state index in [9.17, 15) is 9.18 Å². The summed E-state index contributed by atoms with van der Waals surface area (Å²) in [7, 11) is 0. The largest absolute Gasteiger partial charge is 0.488 e. The van der Waals surface area contributed by atoms with E-state index >= 15 is 0 Å². The molecule has 3 nitrogen and oxygen atoms in total. The van der Waals surface area contributed by atoms with Gasteiger partial charge in [-0.2, -0.15) is 0 Å². The number of ether oxygens (including phenoxy) is 1. The summed E-state index contributed by atoms with van der Waals surface area (Å²) in [5.41, 5.74) is 1.81. The molecule has 0 aromatic heterocycles. The fourth-order valence-corrected chi connectivity index (χ4v) is 2.59. The second-order valence-corrected chi connectivity index (χ2v) is 5.83. The number of carbonyl (C=O) groups excluding carboxylic acids is 1. The summed E-state index contributed by atoms with van der Waals surface area (Å²) in [5, 5.41) is 2.72. The van der Waals surface area contributed by atoms with Crippen LogP contribution in [-0.4, -0.2) is 12.5 Å². The van der Waals surface area contributed by atoms with Crippen LogP contribution in [0.15, 0.2) is 52.5 Å². The summed E-state index contributed by atoms with van der Waals surface area (Å²) in [4.78, 5) is 12.2. The number of hydrogen-bond acceptors (Lipinski definition) is 2. The Labute approximate surface area is 135 Å². The fraction of sp³-hybridized carbons (Fsp3) is 0.118. The first-order valence-electron chi connectivity index (χ1n) is 6.78. The standard InChI is InChI=1S/C17H13BrFNO2/c18-14-5-6-16-12(8-14)7-13(10-22-16)17(21)20-9-11-3-1-2-4-15(11)19/h1-8H,9-10H2,(H,20,21). The quantitative estimate of drug-likeness (QED) is 0.905. The molecule has 5 heteroatoms. The van der Waals surface area contributed by atoms with Crippen molar-refractivity contribution in [1.29, 1.82) is 0 Å². The van der Waals surface area contributed by atoms with Gasteiger partial charge in [-0.1, -0.05) is 34.1 Å². The normalized spacial score (nSPS) is 12.9. The molecule has 1 aliphatic heterocycles. The monoisotopic (exact) mass is 361 g/mol. The van der Waals surface area contributed by atoms with Gasteiger partial charge in [0.05, 0.1) is 5.57 Å². The molecule has 22 heavy (non-hydrogen) atoms. The zero-order valence-corrected chi connectivity index (χ0v) is 13.2. The zero-order valence-electron chi connectivity index (χ0n) is 11.6.